The summed E-state index contributed by atoms with van der Waals surface area (Å²) in [5, 5.41) is 0.0102. The molecule has 2 rings (SSSR count). The van der Waals surface area contributed by atoms with Crippen LogP contribution in [-0.4, -0.2) is 44.5 Å². The largest absolute Gasteiger partial charge is 0.303 e. The van der Waals surface area contributed by atoms with Gasteiger partial charge in [-0.2, -0.15) is 0 Å². The zero-order chi connectivity index (χ0) is 14.4. The summed E-state index contributed by atoms with van der Waals surface area (Å²) in [6.07, 6.45) is 6.07. The van der Waals surface area contributed by atoms with Gasteiger partial charge in [-0.25, -0.2) is 18.1 Å². The summed E-state index contributed by atoms with van der Waals surface area (Å²) < 4.78 is 26.7. The number of hydrogen-bond acceptors (Lipinski definition) is 4. The van der Waals surface area contributed by atoms with Crippen LogP contribution in [0.1, 0.15) is 25.7 Å². The predicted octanol–water partition coefficient (Wildman–Crippen LogP) is 1.89. The number of nitrogens with zero attached hydrogens (tertiary/aromatic N) is 2. The van der Waals surface area contributed by atoms with E-state index in [0.29, 0.717) is 6.54 Å². The summed E-state index contributed by atoms with van der Waals surface area (Å²) in [5.41, 5.74) is 0. The monoisotopic (exact) mass is 317 g/mol. The van der Waals surface area contributed by atoms with Crippen LogP contribution in [0.15, 0.2) is 23.2 Å². The highest BCUT2D eigenvalue weighted by Gasteiger charge is 2.17. The van der Waals surface area contributed by atoms with Crippen LogP contribution in [0.4, 0.5) is 0 Å². The summed E-state index contributed by atoms with van der Waals surface area (Å²) in [6, 6.07) is 3.02. The van der Waals surface area contributed by atoms with Crippen LogP contribution >= 0.6 is 11.6 Å². The molecule has 7 heteroatoms. The van der Waals surface area contributed by atoms with Crippen molar-refractivity contribution in [1.82, 2.24) is 14.6 Å². The number of aromatic nitrogens is 1. The maximum atomic E-state index is 12.1. The molecule has 0 radical (unpaired) electrons. The van der Waals surface area contributed by atoms with Crippen molar-refractivity contribution in [2.45, 2.75) is 30.6 Å². The Labute approximate surface area is 125 Å². The van der Waals surface area contributed by atoms with E-state index in [-0.39, 0.29) is 10.0 Å². The van der Waals surface area contributed by atoms with Gasteiger partial charge in [0.2, 0.25) is 10.0 Å². The summed E-state index contributed by atoms with van der Waals surface area (Å²) in [7, 11) is -3.56. The van der Waals surface area contributed by atoms with Gasteiger partial charge < -0.3 is 4.90 Å². The first-order valence-electron chi connectivity index (χ1n) is 6.92. The van der Waals surface area contributed by atoms with Gasteiger partial charge in [-0.05, 0) is 51.0 Å². The van der Waals surface area contributed by atoms with E-state index in [1.165, 1.54) is 31.5 Å². The van der Waals surface area contributed by atoms with E-state index in [9.17, 15) is 8.42 Å². The molecule has 1 N–H and O–H groups in total. The van der Waals surface area contributed by atoms with Crippen LogP contribution in [0, 0.1) is 0 Å². The molecule has 1 aliphatic heterocycles. The second kappa shape index (κ2) is 7.36. The number of nitrogens with one attached hydrogen (secondary N) is 1. The van der Waals surface area contributed by atoms with Crippen LogP contribution < -0.4 is 4.72 Å². The molecular weight excluding hydrogens is 298 g/mol. The van der Waals surface area contributed by atoms with E-state index < -0.39 is 10.0 Å². The molecule has 0 saturated carbocycles. The zero-order valence-corrected chi connectivity index (χ0v) is 13.0. The number of rotatable bonds is 6. The first-order valence-corrected chi connectivity index (χ1v) is 8.78. The second-order valence-corrected chi connectivity index (χ2v) is 7.04. The Kier molecular flexibility index (Phi) is 5.77. The molecule has 0 unspecified atom stereocenters. The lowest BCUT2D eigenvalue weighted by atomic mass is 10.1. The minimum atomic E-state index is -3.56. The lowest BCUT2D eigenvalue weighted by molar-refractivity contribution is 0.227. The van der Waals surface area contributed by atoms with Crippen LogP contribution in [-0.2, 0) is 10.0 Å². The summed E-state index contributed by atoms with van der Waals surface area (Å²) in [4.78, 5) is 6.21. The Morgan fingerprint density at radius 2 is 2.05 bits per heavy atom. The maximum absolute atomic E-state index is 12.1. The topological polar surface area (TPSA) is 62.3 Å². The van der Waals surface area contributed by atoms with Crippen molar-refractivity contribution in [3.05, 3.63) is 23.5 Å². The van der Waals surface area contributed by atoms with Crippen molar-refractivity contribution in [2.75, 3.05) is 26.2 Å². The molecule has 2 heterocycles. The fraction of sp³-hybridized carbons (Fsp3) is 0.615. The number of pyridine rings is 1. The highest BCUT2D eigenvalue weighted by atomic mass is 35.5. The molecule has 0 aromatic carbocycles. The highest BCUT2D eigenvalue weighted by molar-refractivity contribution is 7.89. The van der Waals surface area contributed by atoms with Gasteiger partial charge in [-0.15, -0.1) is 0 Å². The van der Waals surface area contributed by atoms with Crippen LogP contribution in [0.2, 0.25) is 5.15 Å². The summed E-state index contributed by atoms with van der Waals surface area (Å²) in [6.45, 7) is 3.61. The standard InChI is InChI=1S/C13H20ClN3O2S/c14-13-12(6-4-7-15-13)20(18,19)16-8-5-11-17-9-2-1-3-10-17/h4,6-7,16H,1-3,5,8-11H2. The zero-order valence-electron chi connectivity index (χ0n) is 11.4. The molecule has 0 aliphatic carbocycles. The van der Waals surface area contributed by atoms with Gasteiger partial charge in [0.25, 0.3) is 0 Å². The van der Waals surface area contributed by atoms with Crippen LogP contribution in [0.5, 0.6) is 0 Å². The van der Waals surface area contributed by atoms with E-state index in [4.69, 9.17) is 11.6 Å². The van der Waals surface area contributed by atoms with Gasteiger partial charge in [0.15, 0.2) is 0 Å². The van der Waals surface area contributed by atoms with Crippen LogP contribution in [0.25, 0.3) is 0 Å². The minimum absolute atomic E-state index is 0.0102. The molecule has 5 nitrogen and oxygen atoms in total. The second-order valence-electron chi connectivity index (χ2n) is 4.95. The molecule has 1 aromatic heterocycles. The normalized spacial score (nSPS) is 17.2. The Balaban J connectivity index is 1.79. The van der Waals surface area contributed by atoms with Gasteiger partial charge in [-0.3, -0.25) is 0 Å². The smallest absolute Gasteiger partial charge is 0.243 e. The Morgan fingerprint density at radius 1 is 1.30 bits per heavy atom. The molecular formula is C13H20ClN3O2S. The van der Waals surface area contributed by atoms with Crippen molar-refractivity contribution in [3.63, 3.8) is 0 Å². The minimum Gasteiger partial charge on any atom is -0.303 e. The Hall–Kier alpha value is -0.690. The third-order valence-electron chi connectivity index (χ3n) is 3.41. The number of halogens is 1. The fourth-order valence-corrected chi connectivity index (χ4v) is 3.87. The third kappa shape index (κ3) is 4.41. The molecule has 20 heavy (non-hydrogen) atoms. The Morgan fingerprint density at radius 3 is 2.75 bits per heavy atom. The molecule has 1 fully saturated rings. The van der Waals surface area contributed by atoms with Gasteiger partial charge in [-0.1, -0.05) is 18.0 Å². The summed E-state index contributed by atoms with van der Waals surface area (Å²) >= 11 is 5.80. The van der Waals surface area contributed by atoms with E-state index in [0.717, 1.165) is 26.1 Å². The average molecular weight is 318 g/mol. The van der Waals surface area contributed by atoms with Crippen molar-refractivity contribution >= 4 is 21.6 Å². The molecule has 1 aliphatic rings. The van der Waals surface area contributed by atoms with Gasteiger partial charge in [0, 0.05) is 12.7 Å². The van der Waals surface area contributed by atoms with Gasteiger partial charge in [0.05, 0.1) is 0 Å². The van der Waals surface area contributed by atoms with Crippen molar-refractivity contribution in [2.24, 2.45) is 0 Å². The highest BCUT2D eigenvalue weighted by Crippen LogP contribution is 2.17. The molecule has 112 valence electrons. The molecule has 0 atom stereocenters. The van der Waals surface area contributed by atoms with E-state index in [1.807, 2.05) is 0 Å². The number of piperidine rings is 1. The maximum Gasteiger partial charge on any atom is 0.243 e. The van der Waals surface area contributed by atoms with Crippen LogP contribution in [0.3, 0.4) is 0 Å². The summed E-state index contributed by atoms with van der Waals surface area (Å²) in [5.74, 6) is 0. The van der Waals surface area contributed by atoms with Crippen molar-refractivity contribution in [3.8, 4) is 0 Å². The number of hydrogen-bond donors (Lipinski definition) is 1. The third-order valence-corrected chi connectivity index (χ3v) is 5.31. The lowest BCUT2D eigenvalue weighted by Crippen LogP contribution is -2.33. The number of likely N-dealkylation sites (tertiary alicyclic amines) is 1. The van der Waals surface area contributed by atoms with Crippen molar-refractivity contribution in [1.29, 1.82) is 0 Å². The molecule has 0 spiro atoms. The molecule has 1 saturated heterocycles. The molecule has 0 amide bonds. The first kappa shape index (κ1) is 15.7. The molecule has 0 bridgehead atoms. The van der Waals surface area contributed by atoms with E-state index in [2.05, 4.69) is 14.6 Å². The SMILES string of the molecule is O=S(=O)(NCCCN1CCCCC1)c1cccnc1Cl. The van der Waals surface area contributed by atoms with E-state index >= 15 is 0 Å². The first-order chi connectivity index (χ1) is 9.59. The quantitative estimate of drug-likeness (QED) is 0.643. The van der Waals surface area contributed by atoms with E-state index in [1.54, 1.807) is 6.07 Å². The Bertz CT molecular complexity index is 530. The number of sulfonamides is 1. The predicted molar refractivity (Wildman–Crippen MR) is 79.3 cm³/mol. The average Bonchev–Trinajstić information content (AvgIpc) is 2.45. The van der Waals surface area contributed by atoms with Gasteiger partial charge >= 0.3 is 0 Å². The lowest BCUT2D eigenvalue weighted by Gasteiger charge is -2.26. The van der Waals surface area contributed by atoms with Gasteiger partial charge in [0.1, 0.15) is 10.0 Å². The fourth-order valence-electron chi connectivity index (χ4n) is 2.34. The molecule has 1 aromatic rings. The van der Waals surface area contributed by atoms with Crippen molar-refractivity contribution < 1.29 is 8.42 Å².